The third-order valence-corrected chi connectivity index (χ3v) is 3.06. The van der Waals surface area contributed by atoms with Crippen molar-refractivity contribution in [3.8, 4) is 0 Å². The SMILES string of the molecule is Cc1ccnc(NCc2cc(F)ccc2F)c1C(N)=S. The van der Waals surface area contributed by atoms with Crippen LogP contribution in [-0.2, 0) is 6.54 Å². The molecule has 0 saturated heterocycles. The summed E-state index contributed by atoms with van der Waals surface area (Å²) in [6.45, 7) is 1.94. The van der Waals surface area contributed by atoms with E-state index < -0.39 is 11.6 Å². The van der Waals surface area contributed by atoms with Crippen LogP contribution < -0.4 is 11.1 Å². The minimum absolute atomic E-state index is 0.0929. The number of hydrogen-bond acceptors (Lipinski definition) is 3. The number of benzene rings is 1. The van der Waals surface area contributed by atoms with E-state index >= 15 is 0 Å². The molecule has 0 amide bonds. The molecule has 2 aromatic rings. The summed E-state index contributed by atoms with van der Waals surface area (Å²) in [5.41, 5.74) is 7.35. The van der Waals surface area contributed by atoms with Crippen LogP contribution in [0.15, 0.2) is 30.5 Å². The van der Waals surface area contributed by atoms with Gasteiger partial charge in [0.2, 0.25) is 0 Å². The minimum Gasteiger partial charge on any atom is -0.389 e. The van der Waals surface area contributed by atoms with Gasteiger partial charge >= 0.3 is 0 Å². The molecular weight excluding hydrogens is 280 g/mol. The van der Waals surface area contributed by atoms with E-state index in [4.69, 9.17) is 18.0 Å². The van der Waals surface area contributed by atoms with Crippen molar-refractivity contribution in [2.45, 2.75) is 13.5 Å². The Morgan fingerprint density at radius 2 is 2.10 bits per heavy atom. The number of aryl methyl sites for hydroxylation is 1. The Morgan fingerprint density at radius 1 is 1.35 bits per heavy atom. The van der Waals surface area contributed by atoms with Crippen molar-refractivity contribution in [2.75, 3.05) is 5.32 Å². The predicted molar refractivity (Wildman–Crippen MR) is 78.5 cm³/mol. The predicted octanol–water partition coefficient (Wildman–Crippen LogP) is 2.91. The van der Waals surface area contributed by atoms with Crippen LogP contribution in [0.4, 0.5) is 14.6 Å². The monoisotopic (exact) mass is 293 g/mol. The van der Waals surface area contributed by atoms with Crippen molar-refractivity contribution in [1.82, 2.24) is 4.98 Å². The lowest BCUT2D eigenvalue weighted by Gasteiger charge is -2.12. The molecule has 0 spiro atoms. The van der Waals surface area contributed by atoms with Gasteiger partial charge in [-0.2, -0.15) is 0 Å². The van der Waals surface area contributed by atoms with Crippen LogP contribution in [0, 0.1) is 18.6 Å². The number of nitrogens with zero attached hydrogens (tertiary/aromatic N) is 1. The number of nitrogens with one attached hydrogen (secondary N) is 1. The highest BCUT2D eigenvalue weighted by atomic mass is 32.1. The van der Waals surface area contributed by atoms with Gasteiger partial charge in [-0.15, -0.1) is 0 Å². The molecule has 6 heteroatoms. The van der Waals surface area contributed by atoms with Gasteiger partial charge in [0.15, 0.2) is 0 Å². The molecule has 0 aliphatic carbocycles. The number of nitrogens with two attached hydrogens (primary N) is 1. The smallest absolute Gasteiger partial charge is 0.136 e. The summed E-state index contributed by atoms with van der Waals surface area (Å²) >= 11 is 4.98. The Balaban J connectivity index is 2.25. The highest BCUT2D eigenvalue weighted by Crippen LogP contribution is 2.18. The van der Waals surface area contributed by atoms with E-state index in [9.17, 15) is 8.78 Å². The molecule has 0 aliphatic rings. The van der Waals surface area contributed by atoms with Crippen LogP contribution in [-0.4, -0.2) is 9.97 Å². The number of pyridine rings is 1. The van der Waals surface area contributed by atoms with Gasteiger partial charge in [-0.05, 0) is 36.8 Å². The zero-order chi connectivity index (χ0) is 14.7. The van der Waals surface area contributed by atoms with Crippen LogP contribution in [0.3, 0.4) is 0 Å². The zero-order valence-corrected chi connectivity index (χ0v) is 11.6. The molecular formula is C14H13F2N3S. The summed E-state index contributed by atoms with van der Waals surface area (Å²) < 4.78 is 26.6. The summed E-state index contributed by atoms with van der Waals surface area (Å²) in [6, 6.07) is 5.08. The number of thiocarbonyl (C=S) groups is 1. The summed E-state index contributed by atoms with van der Waals surface area (Å²) in [5, 5.41) is 2.93. The molecule has 0 saturated carbocycles. The lowest BCUT2D eigenvalue weighted by atomic mass is 10.1. The minimum atomic E-state index is -0.491. The highest BCUT2D eigenvalue weighted by molar-refractivity contribution is 7.80. The number of halogens is 2. The number of aromatic nitrogens is 1. The molecule has 0 bridgehead atoms. The molecule has 0 fully saturated rings. The lowest BCUT2D eigenvalue weighted by molar-refractivity contribution is 0.587. The second-order valence-electron chi connectivity index (χ2n) is 4.30. The normalized spacial score (nSPS) is 10.3. The van der Waals surface area contributed by atoms with Crippen molar-refractivity contribution >= 4 is 23.0 Å². The van der Waals surface area contributed by atoms with Gasteiger partial charge in [0.1, 0.15) is 22.4 Å². The van der Waals surface area contributed by atoms with Gasteiger partial charge in [-0.1, -0.05) is 12.2 Å². The Morgan fingerprint density at radius 3 is 2.80 bits per heavy atom. The van der Waals surface area contributed by atoms with E-state index in [0.29, 0.717) is 11.4 Å². The molecule has 0 unspecified atom stereocenters. The second-order valence-corrected chi connectivity index (χ2v) is 4.74. The van der Waals surface area contributed by atoms with Crippen molar-refractivity contribution in [1.29, 1.82) is 0 Å². The van der Waals surface area contributed by atoms with Gasteiger partial charge in [-0.25, -0.2) is 13.8 Å². The van der Waals surface area contributed by atoms with E-state index in [1.54, 1.807) is 12.3 Å². The van der Waals surface area contributed by atoms with Crippen LogP contribution in [0.2, 0.25) is 0 Å². The first-order valence-electron chi connectivity index (χ1n) is 5.92. The van der Waals surface area contributed by atoms with Crippen LogP contribution in [0.25, 0.3) is 0 Å². The summed E-state index contributed by atoms with van der Waals surface area (Å²) in [7, 11) is 0. The molecule has 3 N–H and O–H groups in total. The average Bonchev–Trinajstić information content (AvgIpc) is 2.39. The molecule has 0 atom stereocenters. The fourth-order valence-electron chi connectivity index (χ4n) is 1.86. The van der Waals surface area contributed by atoms with Gasteiger partial charge < -0.3 is 11.1 Å². The fraction of sp³-hybridized carbons (Fsp3) is 0.143. The maximum absolute atomic E-state index is 13.5. The molecule has 3 nitrogen and oxygen atoms in total. The van der Waals surface area contributed by atoms with Crippen LogP contribution in [0.1, 0.15) is 16.7 Å². The van der Waals surface area contributed by atoms with Gasteiger partial charge in [-0.3, -0.25) is 0 Å². The highest BCUT2D eigenvalue weighted by Gasteiger charge is 2.11. The lowest BCUT2D eigenvalue weighted by Crippen LogP contribution is -2.16. The molecule has 104 valence electrons. The standard InChI is InChI=1S/C14H13F2N3S/c1-8-4-5-18-14(12(8)13(17)20)19-7-9-6-10(15)2-3-11(9)16/h2-6H,7H2,1H3,(H2,17,20)(H,18,19). The van der Waals surface area contributed by atoms with E-state index in [-0.39, 0.29) is 17.1 Å². The topological polar surface area (TPSA) is 50.9 Å². The van der Waals surface area contributed by atoms with E-state index in [2.05, 4.69) is 10.3 Å². The largest absolute Gasteiger partial charge is 0.389 e. The number of hydrogen-bond donors (Lipinski definition) is 2. The Hall–Kier alpha value is -2.08. The van der Waals surface area contributed by atoms with Crippen molar-refractivity contribution in [2.24, 2.45) is 5.73 Å². The van der Waals surface area contributed by atoms with E-state index in [0.717, 1.165) is 23.8 Å². The van der Waals surface area contributed by atoms with Crippen LogP contribution >= 0.6 is 12.2 Å². The Kier molecular flexibility index (Phi) is 4.24. The maximum atomic E-state index is 13.5. The maximum Gasteiger partial charge on any atom is 0.136 e. The molecule has 1 aromatic carbocycles. The third-order valence-electron chi connectivity index (χ3n) is 2.86. The first-order chi connectivity index (χ1) is 9.49. The fourth-order valence-corrected chi connectivity index (χ4v) is 2.12. The molecule has 1 aromatic heterocycles. The summed E-state index contributed by atoms with van der Waals surface area (Å²) in [6.07, 6.45) is 1.60. The van der Waals surface area contributed by atoms with E-state index in [1.165, 1.54) is 0 Å². The molecule has 20 heavy (non-hydrogen) atoms. The second kappa shape index (κ2) is 5.92. The number of anilines is 1. The molecule has 0 aliphatic heterocycles. The molecule has 0 radical (unpaired) electrons. The third kappa shape index (κ3) is 3.08. The molecule has 1 heterocycles. The first-order valence-corrected chi connectivity index (χ1v) is 6.33. The van der Waals surface area contributed by atoms with Crippen LogP contribution in [0.5, 0.6) is 0 Å². The number of rotatable bonds is 4. The zero-order valence-electron chi connectivity index (χ0n) is 10.8. The summed E-state index contributed by atoms with van der Waals surface area (Å²) in [5.74, 6) is -0.514. The average molecular weight is 293 g/mol. The Labute approximate surface area is 120 Å². The van der Waals surface area contributed by atoms with E-state index in [1.807, 2.05) is 6.92 Å². The Bertz CT molecular complexity index is 659. The summed E-state index contributed by atoms with van der Waals surface area (Å²) in [4.78, 5) is 4.34. The molecule has 2 rings (SSSR count). The van der Waals surface area contributed by atoms with Crippen molar-refractivity contribution in [3.63, 3.8) is 0 Å². The quantitative estimate of drug-likeness (QED) is 0.851. The van der Waals surface area contributed by atoms with Crippen molar-refractivity contribution < 1.29 is 8.78 Å². The van der Waals surface area contributed by atoms with Gasteiger partial charge in [0, 0.05) is 18.3 Å². The van der Waals surface area contributed by atoms with Gasteiger partial charge in [0.25, 0.3) is 0 Å². The first kappa shape index (κ1) is 14.3. The van der Waals surface area contributed by atoms with Crippen molar-refractivity contribution in [3.05, 3.63) is 58.8 Å². The van der Waals surface area contributed by atoms with Gasteiger partial charge in [0.05, 0.1) is 5.56 Å².